The Hall–Kier alpha value is -2.07. The summed E-state index contributed by atoms with van der Waals surface area (Å²) in [5, 5.41) is 0.954. The first-order chi connectivity index (χ1) is 16.7. The lowest BCUT2D eigenvalue weighted by Crippen LogP contribution is -2.46. The van der Waals surface area contributed by atoms with Crippen molar-refractivity contribution in [2.24, 2.45) is 11.8 Å². The quantitative estimate of drug-likeness (QED) is 0.522. The predicted octanol–water partition coefficient (Wildman–Crippen LogP) is 4.04. The van der Waals surface area contributed by atoms with E-state index < -0.39 is 15.7 Å². The Morgan fingerprint density at radius 3 is 2.49 bits per heavy atom. The Kier molecular flexibility index (Phi) is 6.87. The third kappa shape index (κ3) is 5.38. The van der Waals surface area contributed by atoms with Gasteiger partial charge in [0.1, 0.15) is 11.6 Å². The molecule has 1 saturated carbocycles. The second kappa shape index (κ2) is 9.76. The highest BCUT2D eigenvalue weighted by molar-refractivity contribution is 7.91. The molecule has 3 heterocycles. The number of sulfone groups is 1. The van der Waals surface area contributed by atoms with Crippen LogP contribution in [0.4, 0.5) is 9.52 Å². The highest BCUT2D eigenvalue weighted by Gasteiger charge is 2.38. The number of hydrogen-bond donors (Lipinski definition) is 0. The highest BCUT2D eigenvalue weighted by atomic mass is 32.2. The number of hydrogen-bond acceptors (Lipinski definition) is 7. The van der Waals surface area contributed by atoms with Gasteiger partial charge in [0.15, 0.2) is 9.84 Å². The first-order valence-electron chi connectivity index (χ1n) is 12.6. The van der Waals surface area contributed by atoms with Crippen LogP contribution >= 0.6 is 11.5 Å². The van der Waals surface area contributed by atoms with Gasteiger partial charge in [-0.2, -0.15) is 4.37 Å². The van der Waals surface area contributed by atoms with Crippen molar-refractivity contribution in [2.75, 3.05) is 30.3 Å². The lowest BCUT2D eigenvalue weighted by Gasteiger charge is -2.36. The average molecular weight is 521 g/mol. The van der Waals surface area contributed by atoms with Crippen LogP contribution < -0.4 is 4.90 Å². The molecule has 0 spiro atoms. The number of nitrogens with zero attached hydrogens (tertiary/aromatic N) is 4. The van der Waals surface area contributed by atoms with Crippen LogP contribution in [-0.4, -0.2) is 60.0 Å². The molecule has 3 aliphatic rings. The zero-order valence-corrected chi connectivity index (χ0v) is 22.0. The van der Waals surface area contributed by atoms with Crippen LogP contribution in [0.25, 0.3) is 0 Å². The van der Waals surface area contributed by atoms with Gasteiger partial charge in [-0.3, -0.25) is 4.79 Å². The lowest BCUT2D eigenvalue weighted by atomic mass is 9.97. The number of benzene rings is 1. The zero-order chi connectivity index (χ0) is 24.7. The number of anilines is 1. The normalized spacial score (nSPS) is 21.9. The smallest absolute Gasteiger partial charge is 0.226 e. The van der Waals surface area contributed by atoms with Crippen LogP contribution in [-0.2, 0) is 21.1 Å². The SMILES string of the molecule is CC(C)c1nsc(N2CCC(N3CC[C@H](Cc4ccc(S(=O)(=O)CC5CC5)cc4F)C3=O)CC2)n1. The molecular formula is C25H33FN4O3S2. The van der Waals surface area contributed by atoms with Gasteiger partial charge in [-0.15, -0.1) is 0 Å². The first-order valence-corrected chi connectivity index (χ1v) is 15.0. The number of carbonyl (C=O) groups excluding carboxylic acids is 1. The van der Waals surface area contributed by atoms with E-state index in [2.05, 4.69) is 28.1 Å². The fourth-order valence-corrected chi connectivity index (χ4v) is 7.68. The summed E-state index contributed by atoms with van der Waals surface area (Å²) in [6.45, 7) is 6.56. The summed E-state index contributed by atoms with van der Waals surface area (Å²) in [5.74, 6) is 0.806. The number of aromatic nitrogens is 2. The molecule has 2 aromatic rings. The molecule has 1 amide bonds. The standard InChI is InChI=1S/C25H33FN4O3S2/c1-16(2)23-27-25(34-28-23)29-10-8-20(9-11-29)30-12-7-19(24(30)31)13-18-5-6-21(14-22(18)26)35(32,33)15-17-3-4-17/h5-6,14,16-17,19-20H,3-4,7-13,15H2,1-2H3/t19-/m1/s1. The Labute approximate surface area is 210 Å². The molecule has 7 nitrogen and oxygen atoms in total. The van der Waals surface area contributed by atoms with E-state index in [0.29, 0.717) is 30.9 Å². The van der Waals surface area contributed by atoms with Crippen molar-refractivity contribution in [1.82, 2.24) is 14.3 Å². The second-order valence-electron chi connectivity index (χ2n) is 10.5. The van der Waals surface area contributed by atoms with Crippen molar-refractivity contribution in [3.05, 3.63) is 35.4 Å². The molecule has 0 N–H and O–H groups in total. The number of rotatable bonds is 8. The van der Waals surface area contributed by atoms with E-state index in [1.807, 2.05) is 4.90 Å². The molecule has 35 heavy (non-hydrogen) atoms. The average Bonchev–Trinajstić information content (AvgIpc) is 3.35. The monoisotopic (exact) mass is 520 g/mol. The van der Waals surface area contributed by atoms with Crippen molar-refractivity contribution < 1.29 is 17.6 Å². The van der Waals surface area contributed by atoms with Crippen molar-refractivity contribution in [3.8, 4) is 0 Å². The second-order valence-corrected chi connectivity index (χ2v) is 13.3. The maximum absolute atomic E-state index is 14.8. The van der Waals surface area contributed by atoms with Gasteiger partial charge < -0.3 is 9.80 Å². The Morgan fingerprint density at radius 1 is 1.11 bits per heavy atom. The Balaban J connectivity index is 1.17. The van der Waals surface area contributed by atoms with Crippen molar-refractivity contribution in [1.29, 1.82) is 0 Å². The van der Waals surface area contributed by atoms with E-state index in [1.54, 1.807) is 6.07 Å². The molecule has 0 bridgehead atoms. The van der Waals surface area contributed by atoms with Crippen LogP contribution in [0.15, 0.2) is 23.1 Å². The minimum absolute atomic E-state index is 0.0488. The van der Waals surface area contributed by atoms with E-state index in [0.717, 1.165) is 55.8 Å². The number of amides is 1. The third-order valence-electron chi connectivity index (χ3n) is 7.48. The Morgan fingerprint density at radius 2 is 1.86 bits per heavy atom. The molecule has 2 aliphatic heterocycles. The molecule has 1 aromatic carbocycles. The van der Waals surface area contributed by atoms with Crippen LogP contribution in [0.2, 0.25) is 0 Å². The summed E-state index contributed by atoms with van der Waals surface area (Å²) in [6, 6.07) is 4.39. The van der Waals surface area contributed by atoms with Crippen LogP contribution in [0.5, 0.6) is 0 Å². The van der Waals surface area contributed by atoms with E-state index in [1.165, 1.54) is 17.6 Å². The number of halogens is 1. The topological polar surface area (TPSA) is 83.5 Å². The molecule has 1 aliphatic carbocycles. The molecule has 5 rings (SSSR count). The maximum atomic E-state index is 14.8. The number of carbonyl (C=O) groups is 1. The number of piperidine rings is 1. The van der Waals surface area contributed by atoms with Crippen LogP contribution in [0, 0.1) is 17.7 Å². The summed E-state index contributed by atoms with van der Waals surface area (Å²) in [7, 11) is -3.45. The molecule has 3 fully saturated rings. The van der Waals surface area contributed by atoms with Crippen LogP contribution in [0.3, 0.4) is 0 Å². The molecule has 2 saturated heterocycles. The Bertz CT molecular complexity index is 1190. The van der Waals surface area contributed by atoms with Crippen molar-refractivity contribution >= 4 is 32.4 Å². The first kappa shape index (κ1) is 24.6. The lowest BCUT2D eigenvalue weighted by molar-refractivity contribution is -0.133. The van der Waals surface area contributed by atoms with Crippen molar-refractivity contribution in [2.45, 2.75) is 69.2 Å². The molecule has 1 aromatic heterocycles. The van der Waals surface area contributed by atoms with Gasteiger partial charge in [0, 0.05) is 49.0 Å². The third-order valence-corrected chi connectivity index (χ3v) is 10.1. The van der Waals surface area contributed by atoms with Gasteiger partial charge >= 0.3 is 0 Å². The minimum atomic E-state index is -3.45. The highest BCUT2D eigenvalue weighted by Crippen LogP contribution is 2.34. The predicted molar refractivity (Wildman–Crippen MR) is 134 cm³/mol. The van der Waals surface area contributed by atoms with Gasteiger partial charge in [0.2, 0.25) is 11.0 Å². The molecular weight excluding hydrogens is 487 g/mol. The maximum Gasteiger partial charge on any atom is 0.226 e. The van der Waals surface area contributed by atoms with Gasteiger partial charge in [0.05, 0.1) is 10.6 Å². The minimum Gasteiger partial charge on any atom is -0.347 e. The van der Waals surface area contributed by atoms with Gasteiger partial charge in [-0.05, 0) is 62.1 Å². The van der Waals surface area contributed by atoms with E-state index in [-0.39, 0.29) is 34.4 Å². The van der Waals surface area contributed by atoms with Gasteiger partial charge in [-0.1, -0.05) is 19.9 Å². The summed E-state index contributed by atoms with van der Waals surface area (Å²) in [6.07, 6.45) is 4.65. The largest absolute Gasteiger partial charge is 0.347 e. The summed E-state index contributed by atoms with van der Waals surface area (Å²) >= 11 is 1.44. The van der Waals surface area contributed by atoms with E-state index in [4.69, 9.17) is 0 Å². The van der Waals surface area contributed by atoms with E-state index in [9.17, 15) is 17.6 Å². The van der Waals surface area contributed by atoms with Gasteiger partial charge in [0.25, 0.3) is 0 Å². The van der Waals surface area contributed by atoms with Crippen LogP contribution in [0.1, 0.15) is 63.3 Å². The summed E-state index contributed by atoms with van der Waals surface area (Å²) < 4.78 is 44.2. The van der Waals surface area contributed by atoms with E-state index >= 15 is 0 Å². The molecule has 0 unspecified atom stereocenters. The fourth-order valence-electron chi connectivity index (χ4n) is 5.12. The zero-order valence-electron chi connectivity index (χ0n) is 20.3. The van der Waals surface area contributed by atoms with Gasteiger partial charge in [-0.25, -0.2) is 17.8 Å². The van der Waals surface area contributed by atoms with Crippen molar-refractivity contribution in [3.63, 3.8) is 0 Å². The molecule has 1 atom stereocenters. The fraction of sp³-hybridized carbons (Fsp3) is 0.640. The molecule has 10 heteroatoms. The number of likely N-dealkylation sites (tertiary alicyclic amines) is 1. The molecule has 0 radical (unpaired) electrons. The molecule has 190 valence electrons. The summed E-state index contributed by atoms with van der Waals surface area (Å²) in [5.41, 5.74) is 0.419. The summed E-state index contributed by atoms with van der Waals surface area (Å²) in [4.78, 5) is 22.1.